The Hall–Kier alpha value is -0.160. The van der Waals surface area contributed by atoms with Gasteiger partial charge in [-0.2, -0.15) is 0 Å². The molecule has 0 amide bonds. The van der Waals surface area contributed by atoms with Crippen molar-refractivity contribution in [3.8, 4) is 0 Å². The van der Waals surface area contributed by atoms with E-state index in [0.717, 1.165) is 25.4 Å². The van der Waals surface area contributed by atoms with E-state index in [-0.39, 0.29) is 0 Å². The first-order valence-electron chi connectivity index (χ1n) is 7.49. The van der Waals surface area contributed by atoms with Gasteiger partial charge in [-0.05, 0) is 65.2 Å². The van der Waals surface area contributed by atoms with Crippen molar-refractivity contribution in [1.82, 2.24) is 9.80 Å². The van der Waals surface area contributed by atoms with Crippen LogP contribution in [-0.4, -0.2) is 65.8 Å². The molecule has 3 N–H and O–H groups in total. The molecule has 2 saturated heterocycles. The summed E-state index contributed by atoms with van der Waals surface area (Å²) in [6.45, 7) is 8.38. The molecular weight excluding hydrogens is 226 g/mol. The Morgan fingerprint density at radius 3 is 2.67 bits per heavy atom. The van der Waals surface area contributed by atoms with E-state index in [0.29, 0.717) is 6.54 Å². The molecule has 2 atom stereocenters. The largest absolute Gasteiger partial charge is 0.389 e. The molecule has 0 aromatic heterocycles. The third-order valence-corrected chi connectivity index (χ3v) is 4.53. The standard InChI is InChI=1S/C14H29N3O/c1-14(18,12-15)6-4-7-16-10-5-13(11-16)17-8-2-3-9-17/h13,18H,2-12,15H2,1H3. The van der Waals surface area contributed by atoms with E-state index in [2.05, 4.69) is 9.80 Å². The summed E-state index contributed by atoms with van der Waals surface area (Å²) in [6, 6.07) is 0.794. The molecule has 0 aliphatic carbocycles. The van der Waals surface area contributed by atoms with Crippen molar-refractivity contribution in [2.24, 2.45) is 5.73 Å². The predicted octanol–water partition coefficient (Wildman–Crippen LogP) is 0.646. The monoisotopic (exact) mass is 255 g/mol. The summed E-state index contributed by atoms with van der Waals surface area (Å²) in [4.78, 5) is 5.21. The second-order valence-corrected chi connectivity index (χ2v) is 6.29. The Balaban J connectivity index is 1.63. The van der Waals surface area contributed by atoms with Crippen LogP contribution in [0, 0.1) is 0 Å². The van der Waals surface area contributed by atoms with Crippen LogP contribution in [0.1, 0.15) is 39.0 Å². The van der Waals surface area contributed by atoms with Crippen molar-refractivity contribution < 1.29 is 5.11 Å². The van der Waals surface area contributed by atoms with E-state index in [9.17, 15) is 5.11 Å². The Morgan fingerprint density at radius 2 is 2.00 bits per heavy atom. The quantitative estimate of drug-likeness (QED) is 0.731. The molecule has 2 rings (SSSR count). The molecule has 0 saturated carbocycles. The SMILES string of the molecule is CC(O)(CN)CCCN1CCC(N2CCCC2)C1. The van der Waals surface area contributed by atoms with Gasteiger partial charge in [-0.3, -0.25) is 4.90 Å². The lowest BCUT2D eigenvalue weighted by Gasteiger charge is -2.25. The molecule has 0 bridgehead atoms. The van der Waals surface area contributed by atoms with Crippen molar-refractivity contribution >= 4 is 0 Å². The van der Waals surface area contributed by atoms with Gasteiger partial charge in [0.2, 0.25) is 0 Å². The minimum absolute atomic E-state index is 0.364. The van der Waals surface area contributed by atoms with Gasteiger partial charge < -0.3 is 15.7 Å². The molecular formula is C14H29N3O. The molecule has 4 nitrogen and oxygen atoms in total. The first-order chi connectivity index (χ1) is 8.61. The van der Waals surface area contributed by atoms with Gasteiger partial charge >= 0.3 is 0 Å². The van der Waals surface area contributed by atoms with Crippen molar-refractivity contribution in [2.75, 3.05) is 39.3 Å². The fourth-order valence-electron chi connectivity index (χ4n) is 3.21. The Bertz CT molecular complexity index is 251. The normalized spacial score (nSPS) is 29.8. The maximum absolute atomic E-state index is 9.87. The van der Waals surface area contributed by atoms with Crippen LogP contribution in [0.4, 0.5) is 0 Å². The highest BCUT2D eigenvalue weighted by Gasteiger charge is 2.29. The third-order valence-electron chi connectivity index (χ3n) is 4.53. The highest BCUT2D eigenvalue weighted by molar-refractivity contribution is 4.86. The summed E-state index contributed by atoms with van der Waals surface area (Å²) >= 11 is 0. The summed E-state index contributed by atoms with van der Waals surface area (Å²) in [6.07, 6.45) is 5.96. The van der Waals surface area contributed by atoms with Gasteiger partial charge in [-0.25, -0.2) is 0 Å². The number of nitrogens with two attached hydrogens (primary N) is 1. The minimum atomic E-state index is -0.673. The van der Waals surface area contributed by atoms with Crippen LogP contribution < -0.4 is 5.73 Å². The Labute approximate surface area is 111 Å². The molecule has 2 unspecified atom stereocenters. The molecule has 0 spiro atoms. The maximum Gasteiger partial charge on any atom is 0.0741 e. The van der Waals surface area contributed by atoms with Gasteiger partial charge in [-0.1, -0.05) is 0 Å². The molecule has 2 aliphatic heterocycles. The van der Waals surface area contributed by atoms with Crippen LogP contribution in [-0.2, 0) is 0 Å². The van der Waals surface area contributed by atoms with Gasteiger partial charge in [0.05, 0.1) is 5.60 Å². The first-order valence-corrected chi connectivity index (χ1v) is 7.49. The molecule has 4 heteroatoms. The highest BCUT2D eigenvalue weighted by atomic mass is 16.3. The maximum atomic E-state index is 9.87. The van der Waals surface area contributed by atoms with Crippen molar-refractivity contribution in [3.05, 3.63) is 0 Å². The summed E-state index contributed by atoms with van der Waals surface area (Å²) in [5, 5.41) is 9.87. The average Bonchev–Trinajstić information content (AvgIpc) is 2.98. The number of rotatable bonds is 6. The minimum Gasteiger partial charge on any atom is -0.389 e. The number of aliphatic hydroxyl groups is 1. The van der Waals surface area contributed by atoms with Crippen LogP contribution in [0.25, 0.3) is 0 Å². The van der Waals surface area contributed by atoms with E-state index in [4.69, 9.17) is 5.73 Å². The van der Waals surface area contributed by atoms with Crippen LogP contribution in [0.2, 0.25) is 0 Å². The van der Waals surface area contributed by atoms with Crippen LogP contribution in [0.15, 0.2) is 0 Å². The lowest BCUT2D eigenvalue weighted by atomic mass is 10.0. The van der Waals surface area contributed by atoms with Gasteiger partial charge in [0, 0.05) is 19.1 Å². The van der Waals surface area contributed by atoms with E-state index < -0.39 is 5.60 Å². The summed E-state index contributed by atoms with van der Waals surface area (Å²) in [7, 11) is 0. The summed E-state index contributed by atoms with van der Waals surface area (Å²) in [5.74, 6) is 0. The van der Waals surface area contributed by atoms with Crippen LogP contribution in [0.3, 0.4) is 0 Å². The van der Waals surface area contributed by atoms with E-state index in [1.807, 2.05) is 6.92 Å². The highest BCUT2D eigenvalue weighted by Crippen LogP contribution is 2.21. The molecule has 0 aromatic rings. The fraction of sp³-hybridized carbons (Fsp3) is 1.00. The average molecular weight is 255 g/mol. The lowest BCUT2D eigenvalue weighted by Crippen LogP contribution is -2.37. The first kappa shape index (κ1) is 14.3. The van der Waals surface area contributed by atoms with Gasteiger partial charge in [0.15, 0.2) is 0 Å². The second-order valence-electron chi connectivity index (χ2n) is 6.29. The smallest absolute Gasteiger partial charge is 0.0741 e. The topological polar surface area (TPSA) is 52.7 Å². The number of likely N-dealkylation sites (tertiary alicyclic amines) is 2. The molecule has 0 radical (unpaired) electrons. The zero-order valence-corrected chi connectivity index (χ0v) is 11.8. The number of nitrogens with zero attached hydrogens (tertiary/aromatic N) is 2. The van der Waals surface area contributed by atoms with Crippen molar-refractivity contribution in [3.63, 3.8) is 0 Å². The number of hydrogen-bond donors (Lipinski definition) is 2. The van der Waals surface area contributed by atoms with Crippen molar-refractivity contribution in [1.29, 1.82) is 0 Å². The van der Waals surface area contributed by atoms with E-state index in [1.165, 1.54) is 45.4 Å². The molecule has 18 heavy (non-hydrogen) atoms. The van der Waals surface area contributed by atoms with Gasteiger partial charge in [-0.15, -0.1) is 0 Å². The molecule has 2 heterocycles. The summed E-state index contributed by atoms with van der Waals surface area (Å²) in [5.41, 5.74) is 4.86. The zero-order chi connectivity index (χ0) is 13.0. The summed E-state index contributed by atoms with van der Waals surface area (Å²) < 4.78 is 0. The van der Waals surface area contributed by atoms with Crippen LogP contribution >= 0.6 is 0 Å². The van der Waals surface area contributed by atoms with Crippen LogP contribution in [0.5, 0.6) is 0 Å². The third kappa shape index (κ3) is 3.92. The van der Waals surface area contributed by atoms with Gasteiger partial charge in [0.1, 0.15) is 0 Å². The molecule has 2 fully saturated rings. The Kier molecular flexibility index (Phi) is 5.01. The fourth-order valence-corrected chi connectivity index (χ4v) is 3.21. The van der Waals surface area contributed by atoms with Crippen molar-refractivity contribution in [2.45, 2.75) is 50.7 Å². The predicted molar refractivity (Wildman–Crippen MR) is 74.6 cm³/mol. The van der Waals surface area contributed by atoms with E-state index in [1.54, 1.807) is 0 Å². The van der Waals surface area contributed by atoms with Gasteiger partial charge in [0.25, 0.3) is 0 Å². The Morgan fingerprint density at radius 1 is 1.28 bits per heavy atom. The zero-order valence-electron chi connectivity index (χ0n) is 11.8. The molecule has 0 aromatic carbocycles. The van der Waals surface area contributed by atoms with E-state index >= 15 is 0 Å². The molecule has 2 aliphatic rings. The number of hydrogen-bond acceptors (Lipinski definition) is 4. The molecule has 106 valence electrons. The second kappa shape index (κ2) is 6.33. The lowest BCUT2D eigenvalue weighted by molar-refractivity contribution is 0.0549.